The van der Waals surface area contributed by atoms with Crippen LogP contribution in [-0.2, 0) is 4.74 Å². The topological polar surface area (TPSA) is 91.6 Å². The highest BCUT2D eigenvalue weighted by Crippen LogP contribution is 2.27. The molecule has 0 spiro atoms. The summed E-state index contributed by atoms with van der Waals surface area (Å²) >= 11 is 0. The van der Waals surface area contributed by atoms with Gasteiger partial charge in [-0.2, -0.15) is 0 Å². The van der Waals surface area contributed by atoms with Crippen LogP contribution in [0.1, 0.15) is 36.5 Å². The molecule has 0 aliphatic carbocycles. The van der Waals surface area contributed by atoms with Gasteiger partial charge in [-0.05, 0) is 6.42 Å². The van der Waals surface area contributed by atoms with Crippen LogP contribution in [0.4, 0.5) is 5.69 Å². The lowest BCUT2D eigenvalue weighted by Crippen LogP contribution is -2.10. The van der Waals surface area contributed by atoms with Crippen molar-refractivity contribution in [3.8, 4) is 5.75 Å². The van der Waals surface area contributed by atoms with Crippen molar-refractivity contribution in [2.75, 3.05) is 13.7 Å². The normalized spacial score (nSPS) is 10.0. The average molecular weight is 268 g/mol. The third-order valence-electron chi connectivity index (χ3n) is 2.48. The van der Waals surface area contributed by atoms with Crippen molar-refractivity contribution in [3.63, 3.8) is 0 Å². The summed E-state index contributed by atoms with van der Waals surface area (Å²) in [7, 11) is 1.16. The number of esters is 1. The number of methoxy groups -OCH3 is 1. The molecule has 0 radical (unpaired) electrons. The maximum Gasteiger partial charge on any atom is 0.348 e. The van der Waals surface area contributed by atoms with Gasteiger partial charge in [0.05, 0.1) is 24.8 Å². The molecule has 0 amide bonds. The summed E-state index contributed by atoms with van der Waals surface area (Å²) in [5.74, 6) is -0.725. The van der Waals surface area contributed by atoms with E-state index in [1.165, 1.54) is 6.20 Å². The number of rotatable bonds is 7. The van der Waals surface area contributed by atoms with Crippen molar-refractivity contribution in [1.82, 2.24) is 4.98 Å². The second-order valence-electron chi connectivity index (χ2n) is 3.84. The van der Waals surface area contributed by atoms with Crippen LogP contribution in [0.2, 0.25) is 0 Å². The first kappa shape index (κ1) is 14.9. The number of unbranched alkanes of at least 4 members (excludes halogenated alkanes) is 2. The van der Waals surface area contributed by atoms with Gasteiger partial charge in [0, 0.05) is 0 Å². The lowest BCUT2D eigenvalue weighted by molar-refractivity contribution is -0.385. The van der Waals surface area contributed by atoms with E-state index in [2.05, 4.69) is 16.6 Å². The Labute approximate surface area is 110 Å². The van der Waals surface area contributed by atoms with Gasteiger partial charge >= 0.3 is 11.7 Å². The number of carbonyl (C=O) groups is 1. The number of hydrogen-bond acceptors (Lipinski definition) is 6. The molecule has 1 heterocycles. The molecule has 19 heavy (non-hydrogen) atoms. The van der Waals surface area contributed by atoms with Crippen LogP contribution >= 0.6 is 0 Å². The first-order valence-corrected chi connectivity index (χ1v) is 5.95. The molecule has 0 aromatic carbocycles. The lowest BCUT2D eigenvalue weighted by atomic mass is 10.2. The number of ether oxygens (including phenoxy) is 2. The Hall–Kier alpha value is -2.18. The second kappa shape index (κ2) is 7.30. The van der Waals surface area contributed by atoms with Gasteiger partial charge in [0.15, 0.2) is 11.3 Å². The van der Waals surface area contributed by atoms with Crippen LogP contribution < -0.4 is 4.74 Å². The number of hydrogen-bond donors (Lipinski definition) is 0. The third-order valence-corrected chi connectivity index (χ3v) is 2.48. The van der Waals surface area contributed by atoms with Gasteiger partial charge in [-0.15, -0.1) is 0 Å². The van der Waals surface area contributed by atoms with E-state index in [4.69, 9.17) is 4.74 Å². The van der Waals surface area contributed by atoms with E-state index in [1.807, 2.05) is 0 Å². The number of aromatic nitrogens is 1. The van der Waals surface area contributed by atoms with E-state index < -0.39 is 16.6 Å². The van der Waals surface area contributed by atoms with E-state index in [9.17, 15) is 14.9 Å². The number of pyridine rings is 1. The Morgan fingerprint density at radius 1 is 1.42 bits per heavy atom. The Bertz CT molecular complexity index is 461. The molecule has 1 aromatic heterocycles. The van der Waals surface area contributed by atoms with Crippen molar-refractivity contribution in [1.29, 1.82) is 0 Å². The zero-order valence-electron chi connectivity index (χ0n) is 10.9. The quantitative estimate of drug-likeness (QED) is 0.326. The van der Waals surface area contributed by atoms with Gasteiger partial charge in [-0.1, -0.05) is 19.8 Å². The molecule has 0 aliphatic heterocycles. The van der Waals surface area contributed by atoms with Crippen molar-refractivity contribution >= 4 is 11.7 Å². The number of nitrogens with zero attached hydrogens (tertiary/aromatic N) is 2. The number of carbonyl (C=O) groups excluding carboxylic acids is 1. The van der Waals surface area contributed by atoms with Crippen LogP contribution in [0.5, 0.6) is 5.75 Å². The van der Waals surface area contributed by atoms with E-state index in [0.29, 0.717) is 6.61 Å². The highest BCUT2D eigenvalue weighted by molar-refractivity contribution is 5.96. The first-order valence-electron chi connectivity index (χ1n) is 5.95. The predicted octanol–water partition coefficient (Wildman–Crippen LogP) is 2.35. The zero-order valence-corrected chi connectivity index (χ0v) is 10.9. The molecule has 7 heteroatoms. The fourth-order valence-electron chi connectivity index (χ4n) is 1.52. The molecular weight excluding hydrogens is 252 g/mol. The summed E-state index contributed by atoms with van der Waals surface area (Å²) in [5.41, 5.74) is -0.612. The minimum absolute atomic E-state index is 0.0807. The molecule has 1 aromatic rings. The van der Waals surface area contributed by atoms with Crippen LogP contribution in [0.15, 0.2) is 12.4 Å². The average Bonchev–Trinajstić information content (AvgIpc) is 2.42. The minimum Gasteiger partial charge on any atom is -0.491 e. The van der Waals surface area contributed by atoms with E-state index in [1.54, 1.807) is 0 Å². The fraction of sp³-hybridized carbons (Fsp3) is 0.500. The lowest BCUT2D eigenvalue weighted by Gasteiger charge is -2.09. The van der Waals surface area contributed by atoms with E-state index in [-0.39, 0.29) is 11.3 Å². The van der Waals surface area contributed by atoms with Crippen molar-refractivity contribution in [3.05, 3.63) is 28.1 Å². The second-order valence-corrected chi connectivity index (χ2v) is 3.84. The molecule has 0 unspecified atom stereocenters. The van der Waals surface area contributed by atoms with Crippen LogP contribution in [0, 0.1) is 10.1 Å². The van der Waals surface area contributed by atoms with Crippen molar-refractivity contribution < 1.29 is 19.2 Å². The maximum absolute atomic E-state index is 11.6. The van der Waals surface area contributed by atoms with Crippen LogP contribution in [0.25, 0.3) is 0 Å². The number of nitro groups is 1. The van der Waals surface area contributed by atoms with Gasteiger partial charge in [0.1, 0.15) is 6.20 Å². The van der Waals surface area contributed by atoms with Gasteiger partial charge in [-0.25, -0.2) is 4.79 Å². The highest BCUT2D eigenvalue weighted by Gasteiger charge is 2.26. The van der Waals surface area contributed by atoms with Gasteiger partial charge in [0.25, 0.3) is 0 Å². The summed E-state index contributed by atoms with van der Waals surface area (Å²) in [6, 6.07) is 0. The van der Waals surface area contributed by atoms with E-state index in [0.717, 1.165) is 32.6 Å². The Morgan fingerprint density at radius 2 is 2.16 bits per heavy atom. The van der Waals surface area contributed by atoms with Crippen LogP contribution in [-0.4, -0.2) is 29.6 Å². The summed E-state index contributed by atoms with van der Waals surface area (Å²) in [5, 5.41) is 10.9. The third kappa shape index (κ3) is 3.90. The van der Waals surface area contributed by atoms with Crippen molar-refractivity contribution in [2.45, 2.75) is 26.2 Å². The Morgan fingerprint density at radius 3 is 2.74 bits per heavy atom. The van der Waals surface area contributed by atoms with Gasteiger partial charge in [-0.3, -0.25) is 15.1 Å². The van der Waals surface area contributed by atoms with Crippen LogP contribution in [0.3, 0.4) is 0 Å². The molecule has 0 aliphatic rings. The molecule has 104 valence electrons. The molecule has 1 rings (SSSR count). The zero-order chi connectivity index (χ0) is 14.3. The van der Waals surface area contributed by atoms with E-state index >= 15 is 0 Å². The fourth-order valence-corrected chi connectivity index (χ4v) is 1.52. The predicted molar refractivity (Wildman–Crippen MR) is 67.3 cm³/mol. The largest absolute Gasteiger partial charge is 0.491 e. The smallest absolute Gasteiger partial charge is 0.348 e. The monoisotopic (exact) mass is 268 g/mol. The first-order chi connectivity index (χ1) is 9.11. The summed E-state index contributed by atoms with van der Waals surface area (Å²) in [6.45, 7) is 2.43. The molecule has 0 bridgehead atoms. The molecule has 0 N–H and O–H groups in total. The minimum atomic E-state index is -0.806. The van der Waals surface area contributed by atoms with Gasteiger partial charge < -0.3 is 9.47 Å². The Kier molecular flexibility index (Phi) is 5.72. The standard InChI is InChI=1S/C12H16N2O5/c1-3-4-5-6-19-10-8-13-7-9(14(16)17)11(10)12(15)18-2/h7-8H,3-6H2,1-2H3. The molecule has 0 fully saturated rings. The SMILES string of the molecule is CCCCCOc1cncc([N+](=O)[O-])c1C(=O)OC. The highest BCUT2D eigenvalue weighted by atomic mass is 16.6. The van der Waals surface area contributed by atoms with Crippen molar-refractivity contribution in [2.24, 2.45) is 0 Å². The molecule has 0 saturated carbocycles. The molecule has 0 saturated heterocycles. The maximum atomic E-state index is 11.6. The molecular formula is C12H16N2O5. The molecule has 7 nitrogen and oxygen atoms in total. The van der Waals surface area contributed by atoms with Gasteiger partial charge in [0.2, 0.25) is 0 Å². The summed E-state index contributed by atoms with van der Waals surface area (Å²) < 4.78 is 9.93. The Balaban J connectivity index is 2.98. The molecule has 0 atom stereocenters. The summed E-state index contributed by atoms with van der Waals surface area (Å²) in [4.78, 5) is 25.5. The summed E-state index contributed by atoms with van der Waals surface area (Å²) in [6.07, 6.45) is 5.10.